The number of aryl methyl sites for hydroxylation is 3. The van der Waals surface area contributed by atoms with E-state index in [-0.39, 0.29) is 11.5 Å². The minimum absolute atomic E-state index is 0.0913. The fourth-order valence-corrected chi connectivity index (χ4v) is 5.18. The van der Waals surface area contributed by atoms with Gasteiger partial charge in [0.05, 0.1) is 18.2 Å². The minimum Gasteiger partial charge on any atom is -0.468 e. The molecule has 0 amide bonds. The molecule has 0 saturated carbocycles. The average Bonchev–Trinajstić information content (AvgIpc) is 2.96. The highest BCUT2D eigenvalue weighted by Gasteiger charge is 2.23. The Balaban J connectivity index is 2.31. The van der Waals surface area contributed by atoms with Crippen molar-refractivity contribution in [3.05, 3.63) is 50.6 Å². The van der Waals surface area contributed by atoms with Crippen LogP contribution in [-0.4, -0.2) is 27.9 Å². The van der Waals surface area contributed by atoms with E-state index >= 15 is 0 Å². The molecule has 0 aliphatic carbocycles. The van der Waals surface area contributed by atoms with Crippen LogP contribution in [0.1, 0.15) is 29.9 Å². The number of esters is 1. The van der Waals surface area contributed by atoms with Gasteiger partial charge in [-0.05, 0) is 50.5 Å². The van der Waals surface area contributed by atoms with Gasteiger partial charge in [0.25, 0.3) is 5.56 Å². The fraction of sp³-hybridized carbons (Fsp3) is 0.350. The molecule has 27 heavy (non-hydrogen) atoms. The number of thioether (sulfide) groups is 1. The van der Waals surface area contributed by atoms with Gasteiger partial charge in [-0.25, -0.2) is 4.98 Å². The number of aromatic nitrogens is 2. The first-order valence-corrected chi connectivity index (χ1v) is 10.4. The van der Waals surface area contributed by atoms with Gasteiger partial charge < -0.3 is 4.74 Å². The second-order valence-electron chi connectivity index (χ2n) is 6.33. The predicted molar refractivity (Wildman–Crippen MR) is 111 cm³/mol. The van der Waals surface area contributed by atoms with Gasteiger partial charge in [0.15, 0.2) is 5.16 Å². The monoisotopic (exact) mass is 402 g/mol. The van der Waals surface area contributed by atoms with Gasteiger partial charge in [-0.2, -0.15) is 0 Å². The van der Waals surface area contributed by atoms with Gasteiger partial charge in [-0.15, -0.1) is 11.3 Å². The maximum atomic E-state index is 13.5. The van der Waals surface area contributed by atoms with Gasteiger partial charge in [-0.1, -0.05) is 30.8 Å². The molecule has 0 aliphatic heterocycles. The van der Waals surface area contributed by atoms with Crippen molar-refractivity contribution in [2.24, 2.45) is 0 Å². The predicted octanol–water partition coefficient (Wildman–Crippen LogP) is 4.28. The molecular weight excluding hydrogens is 380 g/mol. The van der Waals surface area contributed by atoms with E-state index in [0.29, 0.717) is 10.5 Å². The zero-order valence-corrected chi connectivity index (χ0v) is 17.7. The molecule has 7 heteroatoms. The Morgan fingerprint density at radius 1 is 1.37 bits per heavy atom. The van der Waals surface area contributed by atoms with Crippen LogP contribution in [0.4, 0.5) is 0 Å². The van der Waals surface area contributed by atoms with Crippen molar-refractivity contribution in [1.82, 2.24) is 9.55 Å². The highest BCUT2D eigenvalue weighted by Crippen LogP contribution is 2.32. The standard InChI is InChI=1S/C20H22N2O3S2/c1-6-15-12(3)26-17-16(15)18(23)22(14-9-7-8-11(2)10-14)20(21-17)27-13(4)19(24)25-5/h7-10,13H,6H2,1-5H3/t13-/m0/s1. The molecule has 142 valence electrons. The number of benzene rings is 1. The van der Waals surface area contributed by atoms with Crippen molar-refractivity contribution < 1.29 is 9.53 Å². The van der Waals surface area contributed by atoms with Crippen LogP contribution in [0.3, 0.4) is 0 Å². The Kier molecular flexibility index (Phi) is 5.72. The smallest absolute Gasteiger partial charge is 0.318 e. The molecule has 1 aromatic carbocycles. The number of hydrogen-bond acceptors (Lipinski definition) is 6. The van der Waals surface area contributed by atoms with Crippen LogP contribution in [0.5, 0.6) is 0 Å². The second kappa shape index (κ2) is 7.86. The van der Waals surface area contributed by atoms with Crippen molar-refractivity contribution in [3.8, 4) is 5.69 Å². The largest absolute Gasteiger partial charge is 0.468 e. The van der Waals surface area contributed by atoms with E-state index in [0.717, 1.165) is 32.9 Å². The lowest BCUT2D eigenvalue weighted by atomic mass is 10.1. The van der Waals surface area contributed by atoms with Crippen molar-refractivity contribution in [2.75, 3.05) is 7.11 Å². The molecule has 0 radical (unpaired) electrons. The average molecular weight is 403 g/mol. The summed E-state index contributed by atoms with van der Waals surface area (Å²) in [7, 11) is 1.36. The zero-order valence-electron chi connectivity index (χ0n) is 16.0. The fourth-order valence-electron chi connectivity index (χ4n) is 3.07. The van der Waals surface area contributed by atoms with Crippen LogP contribution in [0.2, 0.25) is 0 Å². The van der Waals surface area contributed by atoms with E-state index in [9.17, 15) is 9.59 Å². The summed E-state index contributed by atoms with van der Waals surface area (Å²) in [6.07, 6.45) is 0.779. The SMILES string of the molecule is CCc1c(C)sc2nc(S[C@@H](C)C(=O)OC)n(-c3cccc(C)c3)c(=O)c12. The number of rotatable bonds is 5. The molecule has 0 unspecified atom stereocenters. The third-order valence-corrected chi connectivity index (χ3v) is 6.50. The van der Waals surface area contributed by atoms with Gasteiger partial charge in [0.2, 0.25) is 0 Å². The molecule has 2 aromatic heterocycles. The van der Waals surface area contributed by atoms with E-state index < -0.39 is 5.25 Å². The van der Waals surface area contributed by atoms with Crippen LogP contribution in [0, 0.1) is 13.8 Å². The minimum atomic E-state index is -0.470. The van der Waals surface area contributed by atoms with Gasteiger partial charge >= 0.3 is 5.97 Å². The van der Waals surface area contributed by atoms with Crippen LogP contribution >= 0.6 is 23.1 Å². The lowest BCUT2D eigenvalue weighted by Crippen LogP contribution is -2.24. The van der Waals surface area contributed by atoms with E-state index in [1.54, 1.807) is 11.5 Å². The number of hydrogen-bond donors (Lipinski definition) is 0. The van der Waals surface area contributed by atoms with Crippen molar-refractivity contribution >= 4 is 39.3 Å². The number of methoxy groups -OCH3 is 1. The number of thiophene rings is 1. The van der Waals surface area contributed by atoms with Crippen molar-refractivity contribution in [3.63, 3.8) is 0 Å². The van der Waals surface area contributed by atoms with Crippen LogP contribution in [0.25, 0.3) is 15.9 Å². The highest BCUT2D eigenvalue weighted by atomic mass is 32.2. The number of ether oxygens (including phenoxy) is 1. The summed E-state index contributed by atoms with van der Waals surface area (Å²) < 4.78 is 6.45. The molecular formula is C20H22N2O3S2. The third-order valence-electron chi connectivity index (χ3n) is 4.42. The molecule has 0 saturated heterocycles. The highest BCUT2D eigenvalue weighted by molar-refractivity contribution is 8.00. The first-order valence-electron chi connectivity index (χ1n) is 8.73. The van der Waals surface area contributed by atoms with Crippen LogP contribution < -0.4 is 5.56 Å². The maximum Gasteiger partial charge on any atom is 0.318 e. The topological polar surface area (TPSA) is 61.2 Å². The Hall–Kier alpha value is -2.12. The Labute approximate surface area is 166 Å². The molecule has 2 heterocycles. The quantitative estimate of drug-likeness (QED) is 0.362. The third kappa shape index (κ3) is 3.66. The molecule has 0 fully saturated rings. The lowest BCUT2D eigenvalue weighted by molar-refractivity contribution is -0.139. The summed E-state index contributed by atoms with van der Waals surface area (Å²) in [5, 5.41) is 0.707. The van der Waals surface area contributed by atoms with E-state index in [1.807, 2.05) is 45.0 Å². The maximum absolute atomic E-state index is 13.5. The van der Waals surface area contributed by atoms with Gasteiger partial charge in [0, 0.05) is 4.88 Å². The van der Waals surface area contributed by atoms with E-state index in [1.165, 1.54) is 30.2 Å². The molecule has 0 N–H and O–H groups in total. The Morgan fingerprint density at radius 3 is 2.74 bits per heavy atom. The summed E-state index contributed by atoms with van der Waals surface area (Å²) in [6, 6.07) is 7.74. The molecule has 0 bridgehead atoms. The second-order valence-corrected chi connectivity index (χ2v) is 8.84. The summed E-state index contributed by atoms with van der Waals surface area (Å²) in [6.45, 7) is 7.81. The summed E-state index contributed by atoms with van der Waals surface area (Å²) in [4.78, 5) is 32.0. The summed E-state index contributed by atoms with van der Waals surface area (Å²) in [5.41, 5.74) is 2.76. The number of fused-ring (bicyclic) bond motifs is 1. The van der Waals surface area contributed by atoms with Crippen molar-refractivity contribution in [2.45, 2.75) is 44.5 Å². The van der Waals surface area contributed by atoms with Gasteiger partial charge in [0.1, 0.15) is 10.1 Å². The van der Waals surface area contributed by atoms with Gasteiger partial charge in [-0.3, -0.25) is 14.2 Å². The molecule has 1 atom stereocenters. The first-order chi connectivity index (χ1) is 12.9. The number of carbonyl (C=O) groups is 1. The Bertz CT molecular complexity index is 1070. The normalized spacial score (nSPS) is 12.3. The van der Waals surface area contributed by atoms with Crippen molar-refractivity contribution in [1.29, 1.82) is 0 Å². The molecule has 0 aliphatic rings. The zero-order chi connectivity index (χ0) is 19.7. The van der Waals surface area contributed by atoms with Crippen LogP contribution in [0.15, 0.2) is 34.2 Å². The number of carbonyl (C=O) groups excluding carboxylic acids is 1. The molecule has 3 aromatic rings. The van der Waals surface area contributed by atoms with E-state index in [2.05, 4.69) is 0 Å². The lowest BCUT2D eigenvalue weighted by Gasteiger charge is -2.15. The van der Waals surface area contributed by atoms with E-state index in [4.69, 9.17) is 9.72 Å². The first kappa shape index (κ1) is 19.6. The molecule has 0 spiro atoms. The summed E-state index contributed by atoms with van der Waals surface area (Å²) >= 11 is 2.77. The van der Waals surface area contributed by atoms with Crippen LogP contribution in [-0.2, 0) is 16.0 Å². The molecule has 5 nitrogen and oxygen atoms in total. The number of nitrogens with zero attached hydrogens (tertiary/aromatic N) is 2. The molecule has 3 rings (SSSR count). The Morgan fingerprint density at radius 2 is 2.11 bits per heavy atom. The summed E-state index contributed by atoms with van der Waals surface area (Å²) in [5.74, 6) is -0.346.